The van der Waals surface area contributed by atoms with Crippen molar-refractivity contribution in [1.82, 2.24) is 10.9 Å². The van der Waals surface area contributed by atoms with Crippen molar-refractivity contribution in [3.63, 3.8) is 0 Å². The SMILES string of the molecule is O=C(CN1CCCc2ccccc21)NNC(=O)CN1C(=O)COc2ccc(Cl)cc21. The normalized spacial score (nSPS) is 15.0. The van der Waals surface area contributed by atoms with Crippen molar-refractivity contribution in [2.75, 3.05) is 36.0 Å². The van der Waals surface area contributed by atoms with Crippen molar-refractivity contribution < 1.29 is 19.1 Å². The van der Waals surface area contributed by atoms with E-state index in [1.807, 2.05) is 23.1 Å². The lowest BCUT2D eigenvalue weighted by molar-refractivity contribution is -0.128. The number of nitrogens with zero attached hydrogens (tertiary/aromatic N) is 2. The number of benzene rings is 2. The van der Waals surface area contributed by atoms with Gasteiger partial charge >= 0.3 is 0 Å². The molecule has 156 valence electrons. The molecule has 0 aliphatic carbocycles. The summed E-state index contributed by atoms with van der Waals surface area (Å²) in [5.41, 5.74) is 7.47. The molecule has 4 rings (SSSR count). The number of anilines is 2. The van der Waals surface area contributed by atoms with Crippen LogP contribution in [0, 0.1) is 0 Å². The van der Waals surface area contributed by atoms with Crippen LogP contribution in [0.1, 0.15) is 12.0 Å². The van der Waals surface area contributed by atoms with E-state index in [-0.39, 0.29) is 31.5 Å². The minimum Gasteiger partial charge on any atom is -0.482 e. The van der Waals surface area contributed by atoms with Gasteiger partial charge in [-0.1, -0.05) is 29.8 Å². The van der Waals surface area contributed by atoms with Crippen LogP contribution >= 0.6 is 11.6 Å². The van der Waals surface area contributed by atoms with Gasteiger partial charge in [-0.15, -0.1) is 0 Å². The number of halogens is 1. The molecule has 0 fully saturated rings. The van der Waals surface area contributed by atoms with E-state index in [0.717, 1.165) is 25.1 Å². The molecule has 3 amide bonds. The van der Waals surface area contributed by atoms with Crippen molar-refractivity contribution in [1.29, 1.82) is 0 Å². The minimum absolute atomic E-state index is 0.131. The quantitative estimate of drug-likeness (QED) is 0.723. The number of amides is 3. The molecule has 2 aromatic carbocycles. The monoisotopic (exact) mass is 428 g/mol. The highest BCUT2D eigenvalue weighted by Crippen LogP contribution is 2.34. The lowest BCUT2D eigenvalue weighted by Crippen LogP contribution is -2.51. The molecule has 0 spiro atoms. The Labute approximate surface area is 178 Å². The number of aryl methyl sites for hydroxylation is 1. The maximum absolute atomic E-state index is 12.3. The molecule has 9 heteroatoms. The molecule has 2 aliphatic heterocycles. The van der Waals surface area contributed by atoms with Gasteiger partial charge in [0.05, 0.1) is 12.2 Å². The summed E-state index contributed by atoms with van der Waals surface area (Å²) in [6.45, 7) is 0.482. The molecule has 2 aliphatic rings. The van der Waals surface area contributed by atoms with Crippen LogP contribution in [0.25, 0.3) is 0 Å². The van der Waals surface area contributed by atoms with Gasteiger partial charge in [0.1, 0.15) is 12.3 Å². The standard InChI is InChI=1S/C21H21ClN4O4/c22-15-7-8-18-17(10-15)26(21(29)13-30-18)12-20(28)24-23-19(27)11-25-9-3-5-14-4-1-2-6-16(14)25/h1-2,4,6-8,10H,3,5,9,11-13H2,(H,23,27)(H,24,28). The third-order valence-electron chi connectivity index (χ3n) is 5.05. The summed E-state index contributed by atoms with van der Waals surface area (Å²) in [5, 5.41) is 0.424. The van der Waals surface area contributed by atoms with Crippen LogP contribution in [-0.4, -0.2) is 44.0 Å². The van der Waals surface area contributed by atoms with Crippen molar-refractivity contribution in [3.05, 3.63) is 53.1 Å². The fraction of sp³-hybridized carbons (Fsp3) is 0.286. The Balaban J connectivity index is 1.33. The highest BCUT2D eigenvalue weighted by atomic mass is 35.5. The number of para-hydroxylation sites is 1. The number of hydrogen-bond acceptors (Lipinski definition) is 5. The average Bonchev–Trinajstić information content (AvgIpc) is 2.75. The summed E-state index contributed by atoms with van der Waals surface area (Å²) < 4.78 is 5.36. The van der Waals surface area contributed by atoms with Gasteiger partial charge in [-0.2, -0.15) is 0 Å². The molecule has 0 saturated heterocycles. The van der Waals surface area contributed by atoms with Crippen LogP contribution in [0.3, 0.4) is 0 Å². The zero-order chi connectivity index (χ0) is 21.1. The van der Waals surface area contributed by atoms with E-state index >= 15 is 0 Å². The van der Waals surface area contributed by atoms with Gasteiger partial charge in [0.2, 0.25) is 0 Å². The number of carbonyl (C=O) groups excluding carboxylic acids is 3. The van der Waals surface area contributed by atoms with E-state index in [1.165, 1.54) is 10.5 Å². The maximum Gasteiger partial charge on any atom is 0.265 e. The summed E-state index contributed by atoms with van der Waals surface area (Å²) in [6, 6.07) is 12.8. The number of ether oxygens (including phenoxy) is 1. The van der Waals surface area contributed by atoms with Gasteiger partial charge in [0.25, 0.3) is 17.7 Å². The molecule has 8 nitrogen and oxygen atoms in total. The first kappa shape index (κ1) is 20.0. The summed E-state index contributed by atoms with van der Waals surface area (Å²) in [7, 11) is 0. The number of carbonyl (C=O) groups is 3. The van der Waals surface area contributed by atoms with Crippen molar-refractivity contribution in [2.45, 2.75) is 12.8 Å². The number of hydrazine groups is 1. The predicted molar refractivity (Wildman–Crippen MR) is 113 cm³/mol. The molecule has 30 heavy (non-hydrogen) atoms. The predicted octanol–water partition coefficient (Wildman–Crippen LogP) is 1.67. The van der Waals surface area contributed by atoms with E-state index in [4.69, 9.17) is 16.3 Å². The number of nitrogens with one attached hydrogen (secondary N) is 2. The Morgan fingerprint density at radius 1 is 1.03 bits per heavy atom. The van der Waals surface area contributed by atoms with Gasteiger partial charge in [-0.25, -0.2) is 0 Å². The van der Waals surface area contributed by atoms with Crippen LogP contribution in [0.2, 0.25) is 5.02 Å². The number of rotatable bonds is 4. The first-order valence-corrected chi connectivity index (χ1v) is 10.0. The van der Waals surface area contributed by atoms with Crippen molar-refractivity contribution >= 4 is 40.7 Å². The fourth-order valence-electron chi connectivity index (χ4n) is 3.66. The van der Waals surface area contributed by atoms with E-state index in [0.29, 0.717) is 16.5 Å². The molecule has 2 aromatic rings. The second kappa shape index (κ2) is 8.62. The molecule has 0 radical (unpaired) electrons. The summed E-state index contributed by atoms with van der Waals surface area (Å²) in [6.07, 6.45) is 1.96. The zero-order valence-corrected chi connectivity index (χ0v) is 16.9. The van der Waals surface area contributed by atoms with Gasteiger partial charge in [-0.3, -0.25) is 30.1 Å². The molecule has 0 atom stereocenters. The zero-order valence-electron chi connectivity index (χ0n) is 16.2. The van der Waals surface area contributed by atoms with E-state index in [9.17, 15) is 14.4 Å². The second-order valence-corrected chi connectivity index (χ2v) is 7.57. The van der Waals surface area contributed by atoms with Crippen molar-refractivity contribution in [2.24, 2.45) is 0 Å². The Morgan fingerprint density at radius 2 is 1.80 bits per heavy atom. The van der Waals surface area contributed by atoms with Crippen molar-refractivity contribution in [3.8, 4) is 5.75 Å². The molecule has 0 unspecified atom stereocenters. The lowest BCUT2D eigenvalue weighted by atomic mass is 10.0. The maximum atomic E-state index is 12.3. The minimum atomic E-state index is -0.524. The largest absolute Gasteiger partial charge is 0.482 e. The summed E-state index contributed by atoms with van der Waals surface area (Å²) in [4.78, 5) is 40.2. The third-order valence-corrected chi connectivity index (χ3v) is 5.28. The van der Waals surface area contributed by atoms with Gasteiger partial charge in [0, 0.05) is 17.3 Å². The van der Waals surface area contributed by atoms with E-state index in [2.05, 4.69) is 16.9 Å². The smallest absolute Gasteiger partial charge is 0.265 e. The van der Waals surface area contributed by atoms with Crippen LogP contribution < -0.4 is 25.4 Å². The second-order valence-electron chi connectivity index (χ2n) is 7.13. The Morgan fingerprint density at radius 3 is 2.63 bits per heavy atom. The van der Waals surface area contributed by atoms with Crippen LogP contribution in [0.4, 0.5) is 11.4 Å². The first-order valence-electron chi connectivity index (χ1n) is 9.64. The average molecular weight is 429 g/mol. The highest BCUT2D eigenvalue weighted by molar-refractivity contribution is 6.31. The molecular formula is C21H21ClN4O4. The Hall–Kier alpha value is -3.26. The van der Waals surface area contributed by atoms with Gasteiger partial charge in [-0.05, 0) is 42.7 Å². The topological polar surface area (TPSA) is 91.0 Å². The summed E-state index contributed by atoms with van der Waals surface area (Å²) >= 11 is 6.00. The molecule has 0 bridgehead atoms. The molecule has 0 saturated carbocycles. The third kappa shape index (κ3) is 4.33. The van der Waals surface area contributed by atoms with Crippen LogP contribution in [-0.2, 0) is 20.8 Å². The van der Waals surface area contributed by atoms with E-state index < -0.39 is 5.91 Å². The van der Waals surface area contributed by atoms with Crippen LogP contribution in [0.15, 0.2) is 42.5 Å². The number of hydrogen-bond donors (Lipinski definition) is 2. The van der Waals surface area contributed by atoms with Crippen LogP contribution in [0.5, 0.6) is 5.75 Å². The van der Waals surface area contributed by atoms with Gasteiger partial charge in [0.15, 0.2) is 6.61 Å². The molecular weight excluding hydrogens is 408 g/mol. The van der Waals surface area contributed by atoms with E-state index in [1.54, 1.807) is 18.2 Å². The summed E-state index contributed by atoms with van der Waals surface area (Å²) in [5.74, 6) is -0.754. The fourth-order valence-corrected chi connectivity index (χ4v) is 3.83. The van der Waals surface area contributed by atoms with Gasteiger partial charge < -0.3 is 9.64 Å². The Kier molecular flexibility index (Phi) is 5.76. The lowest BCUT2D eigenvalue weighted by Gasteiger charge is -2.31. The molecule has 2 heterocycles. The highest BCUT2D eigenvalue weighted by Gasteiger charge is 2.28. The number of fused-ring (bicyclic) bond motifs is 2. The first-order chi connectivity index (χ1) is 14.5. The Bertz CT molecular complexity index is 997. The molecule has 2 N–H and O–H groups in total. The molecule has 0 aromatic heterocycles.